The van der Waals surface area contributed by atoms with Crippen molar-refractivity contribution < 1.29 is 13.9 Å². The minimum atomic E-state index is -0.118. The van der Waals surface area contributed by atoms with Gasteiger partial charge in [-0.15, -0.1) is 10.2 Å². The van der Waals surface area contributed by atoms with Gasteiger partial charge in [-0.2, -0.15) is 0 Å². The zero-order valence-corrected chi connectivity index (χ0v) is 15.6. The van der Waals surface area contributed by atoms with Gasteiger partial charge in [-0.25, -0.2) is 0 Å². The molecule has 0 aliphatic heterocycles. The second-order valence-electron chi connectivity index (χ2n) is 5.76. The second-order valence-corrected chi connectivity index (χ2v) is 6.68. The molecule has 0 atom stereocenters. The highest BCUT2D eigenvalue weighted by atomic mass is 32.2. The molecular formula is C19H19N3O3S. The van der Waals surface area contributed by atoms with E-state index in [2.05, 4.69) is 15.5 Å². The molecule has 0 radical (unpaired) electrons. The maximum Gasteiger partial charge on any atom is 0.277 e. The molecular weight excluding hydrogens is 350 g/mol. The predicted molar refractivity (Wildman–Crippen MR) is 102 cm³/mol. The number of nitrogens with zero attached hydrogens (tertiary/aromatic N) is 2. The number of hydrogen-bond donors (Lipinski definition) is 1. The number of carbonyl (C=O) groups is 1. The van der Waals surface area contributed by atoms with Crippen LogP contribution in [0, 0.1) is 13.8 Å². The second kappa shape index (κ2) is 8.05. The third kappa shape index (κ3) is 4.43. The van der Waals surface area contributed by atoms with E-state index in [1.807, 2.05) is 56.3 Å². The Labute approximate surface area is 156 Å². The lowest BCUT2D eigenvalue weighted by Crippen LogP contribution is -2.14. The predicted octanol–water partition coefficient (Wildman–Crippen LogP) is 4.09. The Morgan fingerprint density at radius 3 is 2.65 bits per heavy atom. The Kier molecular flexibility index (Phi) is 5.58. The molecule has 2 aromatic carbocycles. The Morgan fingerprint density at radius 2 is 1.92 bits per heavy atom. The number of anilines is 1. The molecule has 0 aliphatic rings. The summed E-state index contributed by atoms with van der Waals surface area (Å²) in [5, 5.41) is 11.3. The van der Waals surface area contributed by atoms with Gasteiger partial charge in [0.05, 0.1) is 12.9 Å². The van der Waals surface area contributed by atoms with E-state index in [4.69, 9.17) is 9.15 Å². The molecule has 0 saturated heterocycles. The molecule has 26 heavy (non-hydrogen) atoms. The van der Waals surface area contributed by atoms with E-state index < -0.39 is 0 Å². The van der Waals surface area contributed by atoms with Gasteiger partial charge in [-0.3, -0.25) is 4.79 Å². The first kappa shape index (κ1) is 18.0. The van der Waals surface area contributed by atoms with Crippen LogP contribution in [-0.4, -0.2) is 29.0 Å². The van der Waals surface area contributed by atoms with Crippen molar-refractivity contribution in [3.8, 4) is 17.2 Å². The molecule has 0 aliphatic carbocycles. The minimum Gasteiger partial charge on any atom is -0.497 e. The van der Waals surface area contributed by atoms with Crippen molar-refractivity contribution in [2.75, 3.05) is 18.2 Å². The molecule has 6 nitrogen and oxygen atoms in total. The van der Waals surface area contributed by atoms with Crippen molar-refractivity contribution in [2.24, 2.45) is 0 Å². The van der Waals surface area contributed by atoms with Crippen molar-refractivity contribution in [2.45, 2.75) is 19.1 Å². The molecule has 0 spiro atoms. The monoisotopic (exact) mass is 369 g/mol. The highest BCUT2D eigenvalue weighted by Gasteiger charge is 2.12. The van der Waals surface area contributed by atoms with Crippen molar-refractivity contribution in [1.29, 1.82) is 0 Å². The van der Waals surface area contributed by atoms with Gasteiger partial charge in [0.15, 0.2) is 0 Å². The number of carbonyl (C=O) groups excluding carboxylic acids is 1. The number of hydrogen-bond acceptors (Lipinski definition) is 6. The number of aromatic nitrogens is 2. The van der Waals surface area contributed by atoms with Crippen LogP contribution in [0.25, 0.3) is 11.5 Å². The van der Waals surface area contributed by atoms with E-state index in [0.717, 1.165) is 28.1 Å². The maximum atomic E-state index is 12.2. The quantitative estimate of drug-likeness (QED) is 0.660. The molecule has 134 valence electrons. The number of aryl methyl sites for hydroxylation is 2. The summed E-state index contributed by atoms with van der Waals surface area (Å²) >= 11 is 1.20. The van der Waals surface area contributed by atoms with Gasteiger partial charge in [0.1, 0.15) is 5.75 Å². The summed E-state index contributed by atoms with van der Waals surface area (Å²) in [7, 11) is 1.61. The average molecular weight is 369 g/mol. The summed E-state index contributed by atoms with van der Waals surface area (Å²) in [4.78, 5) is 12.2. The Bertz CT molecular complexity index is 907. The van der Waals surface area contributed by atoms with Crippen molar-refractivity contribution in [3.63, 3.8) is 0 Å². The zero-order valence-electron chi connectivity index (χ0n) is 14.8. The Balaban J connectivity index is 1.58. The van der Waals surface area contributed by atoms with Crippen LogP contribution in [0.5, 0.6) is 5.75 Å². The first-order valence-corrected chi connectivity index (χ1v) is 9.01. The van der Waals surface area contributed by atoms with Crippen LogP contribution in [-0.2, 0) is 4.79 Å². The van der Waals surface area contributed by atoms with Crippen LogP contribution >= 0.6 is 11.8 Å². The lowest BCUT2D eigenvalue weighted by Gasteiger charge is -2.08. The summed E-state index contributed by atoms with van der Waals surface area (Å²) in [5.74, 6) is 1.24. The molecule has 0 fully saturated rings. The van der Waals surface area contributed by atoms with E-state index in [1.165, 1.54) is 11.8 Å². The highest BCUT2D eigenvalue weighted by molar-refractivity contribution is 7.99. The van der Waals surface area contributed by atoms with Crippen molar-refractivity contribution in [3.05, 3.63) is 53.6 Å². The number of thioether (sulfide) groups is 1. The SMILES string of the molecule is COc1ccc(-c2nnc(SCC(=O)Nc3cc(C)ccc3C)o2)cc1. The van der Waals surface area contributed by atoms with Crippen LogP contribution < -0.4 is 10.1 Å². The van der Waals surface area contributed by atoms with E-state index in [1.54, 1.807) is 7.11 Å². The summed E-state index contributed by atoms with van der Waals surface area (Å²) in [6.45, 7) is 3.95. The van der Waals surface area contributed by atoms with Gasteiger partial charge in [-0.05, 0) is 55.3 Å². The average Bonchev–Trinajstić information content (AvgIpc) is 3.12. The molecule has 0 bridgehead atoms. The van der Waals surface area contributed by atoms with Gasteiger partial charge in [0.2, 0.25) is 11.8 Å². The van der Waals surface area contributed by atoms with Gasteiger partial charge in [0, 0.05) is 11.3 Å². The first-order chi connectivity index (χ1) is 12.5. The third-order valence-corrected chi connectivity index (χ3v) is 4.56. The number of benzene rings is 2. The highest BCUT2D eigenvalue weighted by Crippen LogP contribution is 2.25. The van der Waals surface area contributed by atoms with Gasteiger partial charge >= 0.3 is 0 Å². The van der Waals surface area contributed by atoms with E-state index in [0.29, 0.717) is 11.1 Å². The van der Waals surface area contributed by atoms with Gasteiger partial charge < -0.3 is 14.5 Å². The normalized spacial score (nSPS) is 10.6. The lowest BCUT2D eigenvalue weighted by atomic mass is 10.1. The smallest absolute Gasteiger partial charge is 0.277 e. The fourth-order valence-electron chi connectivity index (χ4n) is 2.30. The van der Waals surface area contributed by atoms with Gasteiger partial charge in [0.25, 0.3) is 5.22 Å². The van der Waals surface area contributed by atoms with E-state index in [-0.39, 0.29) is 11.7 Å². The van der Waals surface area contributed by atoms with Gasteiger partial charge in [-0.1, -0.05) is 23.9 Å². The zero-order chi connectivity index (χ0) is 18.5. The van der Waals surface area contributed by atoms with Crippen molar-refractivity contribution in [1.82, 2.24) is 10.2 Å². The molecule has 1 heterocycles. The molecule has 1 N–H and O–H groups in total. The van der Waals surface area contributed by atoms with E-state index in [9.17, 15) is 4.79 Å². The van der Waals surface area contributed by atoms with Crippen LogP contribution in [0.2, 0.25) is 0 Å². The molecule has 3 aromatic rings. The van der Waals surface area contributed by atoms with Crippen LogP contribution in [0.3, 0.4) is 0 Å². The molecule has 0 saturated carbocycles. The number of ether oxygens (including phenoxy) is 1. The number of amides is 1. The summed E-state index contributed by atoms with van der Waals surface area (Å²) in [5.41, 5.74) is 3.73. The number of methoxy groups -OCH3 is 1. The largest absolute Gasteiger partial charge is 0.497 e. The standard InChI is InChI=1S/C19H19N3O3S/c1-12-4-5-13(2)16(10-12)20-17(23)11-26-19-22-21-18(25-19)14-6-8-15(24-3)9-7-14/h4-10H,11H2,1-3H3,(H,20,23). The van der Waals surface area contributed by atoms with Crippen LogP contribution in [0.1, 0.15) is 11.1 Å². The summed E-state index contributed by atoms with van der Waals surface area (Å²) in [6.07, 6.45) is 0. The third-order valence-electron chi connectivity index (χ3n) is 3.74. The fraction of sp³-hybridized carbons (Fsp3) is 0.211. The maximum absolute atomic E-state index is 12.2. The lowest BCUT2D eigenvalue weighted by molar-refractivity contribution is -0.113. The van der Waals surface area contributed by atoms with Crippen LogP contribution in [0.4, 0.5) is 5.69 Å². The van der Waals surface area contributed by atoms with E-state index >= 15 is 0 Å². The fourth-order valence-corrected chi connectivity index (χ4v) is 2.87. The van der Waals surface area contributed by atoms with Crippen LogP contribution in [0.15, 0.2) is 52.1 Å². The molecule has 3 rings (SSSR count). The topological polar surface area (TPSA) is 77.2 Å². The Morgan fingerprint density at radius 1 is 1.15 bits per heavy atom. The summed E-state index contributed by atoms with van der Waals surface area (Å²) in [6, 6.07) is 13.3. The van der Waals surface area contributed by atoms with Crippen molar-refractivity contribution >= 4 is 23.4 Å². The number of rotatable bonds is 6. The molecule has 0 unspecified atom stereocenters. The molecule has 1 amide bonds. The molecule has 7 heteroatoms. The molecule has 1 aromatic heterocycles. The Hall–Kier alpha value is -2.80. The minimum absolute atomic E-state index is 0.118. The summed E-state index contributed by atoms with van der Waals surface area (Å²) < 4.78 is 10.7. The number of nitrogens with one attached hydrogen (secondary N) is 1. The first-order valence-electron chi connectivity index (χ1n) is 8.03.